The van der Waals surface area contributed by atoms with Gasteiger partial charge in [0.15, 0.2) is 0 Å². The van der Waals surface area contributed by atoms with Crippen molar-refractivity contribution in [3.63, 3.8) is 0 Å². The molecular weight excluding hydrogens is 333 g/mol. The summed E-state index contributed by atoms with van der Waals surface area (Å²) in [5.74, 6) is -2.27. The molecule has 1 aromatic heterocycles. The number of nitrogens with zero attached hydrogens (tertiary/aromatic N) is 3. The molecule has 1 fully saturated rings. The Kier molecular flexibility index (Phi) is 3.83. The quantitative estimate of drug-likeness (QED) is 0.914. The van der Waals surface area contributed by atoms with Crippen molar-refractivity contribution in [1.82, 2.24) is 20.6 Å². The highest BCUT2D eigenvalue weighted by Crippen LogP contribution is 2.29. The van der Waals surface area contributed by atoms with Gasteiger partial charge in [0, 0.05) is 11.1 Å². The molecule has 1 N–H and O–H groups in total. The fourth-order valence-electron chi connectivity index (χ4n) is 1.91. The van der Waals surface area contributed by atoms with Crippen LogP contribution in [0.3, 0.4) is 0 Å². The topological polar surface area (TPSA) is 97.6 Å². The Balaban J connectivity index is 1.72. The maximum absolute atomic E-state index is 12.4. The smallest absolute Gasteiger partial charge is 0.446 e. The van der Waals surface area contributed by atoms with Crippen LogP contribution in [0, 0.1) is 0 Å². The lowest BCUT2D eigenvalue weighted by Crippen LogP contribution is -2.42. The van der Waals surface area contributed by atoms with Gasteiger partial charge in [0.05, 0.1) is 6.54 Å². The van der Waals surface area contributed by atoms with Crippen molar-refractivity contribution in [3.8, 4) is 11.4 Å². The van der Waals surface area contributed by atoms with Gasteiger partial charge in [-0.05, 0) is 12.1 Å². The molecule has 0 radical (unpaired) electrons. The number of hydrogen-bond donors (Lipinski definition) is 1. The van der Waals surface area contributed by atoms with Gasteiger partial charge in [0.1, 0.15) is 6.61 Å². The van der Waals surface area contributed by atoms with Crippen molar-refractivity contribution < 1.29 is 32.0 Å². The van der Waals surface area contributed by atoms with Crippen LogP contribution in [0.25, 0.3) is 11.4 Å². The Morgan fingerprint density at radius 1 is 1.25 bits per heavy atom. The second-order valence-corrected chi connectivity index (χ2v) is 4.71. The highest BCUT2D eigenvalue weighted by atomic mass is 19.4. The summed E-state index contributed by atoms with van der Waals surface area (Å²) in [7, 11) is 0. The molecule has 1 aliphatic rings. The molecule has 0 spiro atoms. The number of benzene rings is 1. The van der Waals surface area contributed by atoms with Crippen LogP contribution in [0.5, 0.6) is 0 Å². The Morgan fingerprint density at radius 2 is 1.96 bits per heavy atom. The minimum absolute atomic E-state index is 0.178. The number of rotatable bonds is 3. The van der Waals surface area contributed by atoms with Gasteiger partial charge in [-0.3, -0.25) is 10.2 Å². The zero-order valence-corrected chi connectivity index (χ0v) is 11.8. The van der Waals surface area contributed by atoms with Crippen LogP contribution >= 0.6 is 0 Å². The molecular formula is C13H9F3N4O4. The summed E-state index contributed by atoms with van der Waals surface area (Å²) in [5, 5.41) is 4.26. The van der Waals surface area contributed by atoms with Gasteiger partial charge in [-0.2, -0.15) is 18.2 Å². The molecule has 2 heterocycles. The number of carbonyl (C=O) groups excluding carboxylic acids is 2. The van der Waals surface area contributed by atoms with Crippen LogP contribution in [-0.4, -0.2) is 40.3 Å². The van der Waals surface area contributed by atoms with E-state index in [-0.39, 0.29) is 30.1 Å². The zero-order chi connectivity index (χ0) is 17.3. The van der Waals surface area contributed by atoms with E-state index < -0.39 is 24.1 Å². The number of aromatic nitrogens is 2. The highest BCUT2D eigenvalue weighted by Gasteiger charge is 2.38. The number of nitrogens with one attached hydrogen (secondary N) is 1. The van der Waals surface area contributed by atoms with Crippen LogP contribution in [0.1, 0.15) is 16.2 Å². The molecule has 24 heavy (non-hydrogen) atoms. The summed E-state index contributed by atoms with van der Waals surface area (Å²) in [6.07, 6.45) is -5.39. The predicted octanol–water partition coefficient (Wildman–Crippen LogP) is 1.85. The molecule has 0 aliphatic carbocycles. The van der Waals surface area contributed by atoms with Gasteiger partial charge in [-0.1, -0.05) is 17.3 Å². The molecule has 126 valence electrons. The molecule has 8 nitrogen and oxygen atoms in total. The number of carbonyl (C=O) groups is 2. The standard InChI is InChI=1S/C13H9F3N4O4/c14-13(15,16)11-17-9(19-24-11)7-1-3-8(4-2-7)10(21)18-20-5-6-23-12(20)22/h1-4H,5-6H2,(H,18,21). The second kappa shape index (κ2) is 5.83. The van der Waals surface area contributed by atoms with Gasteiger partial charge in [0.25, 0.3) is 5.91 Å². The van der Waals surface area contributed by atoms with Crippen LogP contribution in [0.2, 0.25) is 0 Å². The average Bonchev–Trinajstić information content (AvgIpc) is 3.17. The minimum atomic E-state index is -4.73. The van der Waals surface area contributed by atoms with E-state index in [4.69, 9.17) is 0 Å². The van der Waals surface area contributed by atoms with Gasteiger partial charge < -0.3 is 9.26 Å². The summed E-state index contributed by atoms with van der Waals surface area (Å²) in [5.41, 5.74) is 2.78. The number of hydrazine groups is 1. The molecule has 2 aromatic rings. The van der Waals surface area contributed by atoms with Gasteiger partial charge in [0.2, 0.25) is 5.82 Å². The van der Waals surface area contributed by atoms with E-state index >= 15 is 0 Å². The van der Waals surface area contributed by atoms with Gasteiger partial charge in [-0.15, -0.1) is 0 Å². The van der Waals surface area contributed by atoms with E-state index in [9.17, 15) is 22.8 Å². The van der Waals surface area contributed by atoms with Crippen LogP contribution in [0.4, 0.5) is 18.0 Å². The van der Waals surface area contributed by atoms with E-state index in [0.717, 1.165) is 5.01 Å². The third kappa shape index (κ3) is 3.14. The molecule has 1 saturated heterocycles. The number of hydrogen-bond acceptors (Lipinski definition) is 6. The Morgan fingerprint density at radius 3 is 2.50 bits per heavy atom. The maximum atomic E-state index is 12.4. The molecule has 0 atom stereocenters. The lowest BCUT2D eigenvalue weighted by molar-refractivity contribution is -0.159. The molecule has 3 rings (SSSR count). The second-order valence-electron chi connectivity index (χ2n) is 4.71. The van der Waals surface area contributed by atoms with Gasteiger partial charge >= 0.3 is 18.2 Å². The first kappa shape index (κ1) is 15.8. The fraction of sp³-hybridized carbons (Fsp3) is 0.231. The largest absolute Gasteiger partial charge is 0.471 e. The summed E-state index contributed by atoms with van der Waals surface area (Å²) in [4.78, 5) is 26.5. The van der Waals surface area contributed by atoms with E-state index in [0.29, 0.717) is 0 Å². The highest BCUT2D eigenvalue weighted by molar-refractivity contribution is 5.95. The Hall–Kier alpha value is -3.11. The van der Waals surface area contributed by atoms with Crippen molar-refractivity contribution in [2.45, 2.75) is 6.18 Å². The van der Waals surface area contributed by atoms with Crippen LogP contribution in [0.15, 0.2) is 28.8 Å². The third-order valence-electron chi connectivity index (χ3n) is 3.07. The first-order valence-electron chi connectivity index (χ1n) is 6.61. The minimum Gasteiger partial charge on any atom is -0.446 e. The van der Waals surface area contributed by atoms with E-state index in [1.165, 1.54) is 24.3 Å². The van der Waals surface area contributed by atoms with Crippen molar-refractivity contribution in [2.75, 3.05) is 13.2 Å². The molecule has 2 amide bonds. The van der Waals surface area contributed by atoms with Crippen molar-refractivity contribution in [3.05, 3.63) is 35.7 Å². The summed E-state index contributed by atoms with van der Waals surface area (Å²) >= 11 is 0. The van der Waals surface area contributed by atoms with Gasteiger partial charge in [-0.25, -0.2) is 9.80 Å². The number of alkyl halides is 3. The first-order valence-corrected chi connectivity index (χ1v) is 6.61. The lowest BCUT2D eigenvalue weighted by atomic mass is 10.1. The predicted molar refractivity (Wildman–Crippen MR) is 70.3 cm³/mol. The first-order chi connectivity index (χ1) is 11.3. The SMILES string of the molecule is O=C(NN1CCOC1=O)c1ccc(-c2noc(C(F)(F)F)n2)cc1. The zero-order valence-electron chi connectivity index (χ0n) is 11.8. The number of cyclic esters (lactones) is 1. The normalized spacial score (nSPS) is 14.6. The van der Waals surface area contributed by atoms with E-state index in [1.54, 1.807) is 0 Å². The molecule has 0 bridgehead atoms. The van der Waals surface area contributed by atoms with Crippen molar-refractivity contribution in [2.24, 2.45) is 0 Å². The van der Waals surface area contributed by atoms with E-state index in [1.807, 2.05) is 0 Å². The van der Waals surface area contributed by atoms with Crippen molar-refractivity contribution in [1.29, 1.82) is 0 Å². The molecule has 0 unspecified atom stereocenters. The molecule has 1 aromatic carbocycles. The number of halogens is 3. The van der Waals surface area contributed by atoms with E-state index in [2.05, 4.69) is 24.8 Å². The number of amides is 2. The monoisotopic (exact) mass is 342 g/mol. The summed E-state index contributed by atoms with van der Waals surface area (Å²) < 4.78 is 46.1. The summed E-state index contributed by atoms with van der Waals surface area (Å²) in [6, 6.07) is 5.44. The molecule has 11 heteroatoms. The number of ether oxygens (including phenoxy) is 1. The third-order valence-corrected chi connectivity index (χ3v) is 3.07. The maximum Gasteiger partial charge on any atom is 0.471 e. The average molecular weight is 342 g/mol. The molecule has 0 saturated carbocycles. The lowest BCUT2D eigenvalue weighted by Gasteiger charge is -2.13. The molecule has 1 aliphatic heterocycles. The van der Waals surface area contributed by atoms with Crippen molar-refractivity contribution >= 4 is 12.0 Å². The Bertz CT molecular complexity index is 772. The van der Waals surface area contributed by atoms with Crippen LogP contribution < -0.4 is 5.43 Å². The Labute approximate surface area is 132 Å². The van der Waals surface area contributed by atoms with Crippen LogP contribution in [-0.2, 0) is 10.9 Å². The fourth-order valence-corrected chi connectivity index (χ4v) is 1.91. The summed E-state index contributed by atoms with van der Waals surface area (Å²) in [6.45, 7) is 0.406.